The third-order valence-corrected chi connectivity index (χ3v) is 12.5. The molecule has 0 aliphatic carbocycles. The van der Waals surface area contributed by atoms with Crippen molar-refractivity contribution in [2.24, 2.45) is 0 Å². The Balaban J connectivity index is 1.04. The van der Waals surface area contributed by atoms with Crippen LogP contribution in [0.2, 0.25) is 0 Å². The first-order chi connectivity index (χ1) is 26.3. The summed E-state index contributed by atoms with van der Waals surface area (Å²) in [6, 6.07) is 40.8. The van der Waals surface area contributed by atoms with E-state index >= 15 is 0 Å². The predicted molar refractivity (Wildman–Crippen MR) is 229 cm³/mol. The molecule has 0 bridgehead atoms. The van der Waals surface area contributed by atoms with Gasteiger partial charge in [-0.05, 0) is 123 Å². The Morgan fingerprint density at radius 3 is 1.24 bits per heavy atom. The predicted octanol–water partition coefficient (Wildman–Crippen LogP) is 12.0. The zero-order valence-electron chi connectivity index (χ0n) is 30.7. The lowest BCUT2D eigenvalue weighted by Gasteiger charge is -2.21. The van der Waals surface area contributed by atoms with Gasteiger partial charge in [-0.2, -0.15) is 0 Å². The number of thiophene rings is 2. The van der Waals surface area contributed by atoms with Crippen LogP contribution in [0.4, 0.5) is 11.4 Å². The van der Waals surface area contributed by atoms with Gasteiger partial charge >= 0.3 is 11.3 Å². The van der Waals surface area contributed by atoms with Crippen LogP contribution in [0, 0.1) is 0 Å². The molecule has 0 aliphatic rings. The maximum atomic E-state index is 13.2. The largest absolute Gasteiger partial charge is 0.422 e. The normalized spacial score (nSPS) is 11.4. The molecular formula is C46H40N2O4S2. The van der Waals surface area contributed by atoms with Crippen LogP contribution >= 0.6 is 22.7 Å². The average Bonchev–Trinajstić information content (AvgIpc) is 3.90. The quantitative estimate of drug-likeness (QED) is 0.123. The minimum atomic E-state index is -0.343. The van der Waals surface area contributed by atoms with Gasteiger partial charge in [0.1, 0.15) is 11.2 Å². The van der Waals surface area contributed by atoms with Gasteiger partial charge in [-0.15, -0.1) is 22.7 Å². The van der Waals surface area contributed by atoms with E-state index in [1.807, 2.05) is 60.7 Å². The Morgan fingerprint density at radius 2 is 0.833 bits per heavy atom. The van der Waals surface area contributed by atoms with Crippen LogP contribution in [0.25, 0.3) is 74.8 Å². The van der Waals surface area contributed by atoms with Crippen molar-refractivity contribution in [2.45, 2.75) is 27.7 Å². The fourth-order valence-corrected chi connectivity index (χ4v) is 9.20. The van der Waals surface area contributed by atoms with Gasteiger partial charge in [0.15, 0.2) is 0 Å². The molecule has 0 amide bonds. The molecule has 0 aliphatic heterocycles. The molecule has 6 nitrogen and oxygen atoms in total. The number of nitrogens with zero attached hydrogens (tertiary/aromatic N) is 2. The molecule has 0 saturated heterocycles. The van der Waals surface area contributed by atoms with Gasteiger partial charge in [0.2, 0.25) is 0 Å². The summed E-state index contributed by atoms with van der Waals surface area (Å²) >= 11 is 3.45. The minimum absolute atomic E-state index is 0.343. The Morgan fingerprint density at radius 1 is 0.444 bits per heavy atom. The third kappa shape index (κ3) is 6.79. The zero-order valence-corrected chi connectivity index (χ0v) is 32.4. The number of hydrogen-bond acceptors (Lipinski definition) is 8. The first-order valence-electron chi connectivity index (χ1n) is 18.4. The maximum Gasteiger partial charge on any atom is 0.344 e. The molecule has 270 valence electrons. The van der Waals surface area contributed by atoms with Crippen molar-refractivity contribution in [3.8, 4) is 52.9 Å². The van der Waals surface area contributed by atoms with E-state index in [-0.39, 0.29) is 11.3 Å². The fraction of sp³-hybridized carbons (Fsp3) is 0.174. The van der Waals surface area contributed by atoms with Crippen molar-refractivity contribution < 1.29 is 8.83 Å². The summed E-state index contributed by atoms with van der Waals surface area (Å²) in [6.07, 6.45) is 0. The molecule has 8 aromatic rings. The molecule has 0 unspecified atom stereocenters. The van der Waals surface area contributed by atoms with E-state index in [0.29, 0.717) is 22.3 Å². The molecule has 0 spiro atoms. The van der Waals surface area contributed by atoms with Crippen molar-refractivity contribution in [3.05, 3.63) is 142 Å². The molecule has 4 heterocycles. The van der Waals surface area contributed by atoms with Gasteiger partial charge in [-0.3, -0.25) is 0 Å². The minimum Gasteiger partial charge on any atom is -0.422 e. The van der Waals surface area contributed by atoms with E-state index in [1.54, 1.807) is 22.7 Å². The van der Waals surface area contributed by atoms with Gasteiger partial charge in [0.05, 0.1) is 11.1 Å². The van der Waals surface area contributed by atoms with Crippen molar-refractivity contribution in [2.75, 3.05) is 36.0 Å². The molecule has 0 radical (unpaired) electrons. The monoisotopic (exact) mass is 748 g/mol. The van der Waals surface area contributed by atoms with Crippen LogP contribution in [0.1, 0.15) is 27.7 Å². The molecule has 0 fully saturated rings. The van der Waals surface area contributed by atoms with E-state index in [2.05, 4.69) is 98.2 Å². The van der Waals surface area contributed by atoms with E-state index in [0.717, 1.165) is 90.1 Å². The van der Waals surface area contributed by atoms with Gasteiger partial charge < -0.3 is 18.6 Å². The van der Waals surface area contributed by atoms with Crippen LogP contribution in [-0.4, -0.2) is 26.2 Å². The molecule has 54 heavy (non-hydrogen) atoms. The summed E-state index contributed by atoms with van der Waals surface area (Å²) in [6.45, 7) is 12.0. The second kappa shape index (κ2) is 15.0. The standard InChI is InChI=1S/C46H40N2O4S2/c1-5-47(6-2)35-17-15-31-25-37(45(49)51-39(31)27-35)29-11-9-13-33(23-29)41-19-21-43(53-41)44-22-20-42(54-44)34-14-10-12-30(24-34)38-26-32-16-18-36(48(7-3)8-4)28-40(32)52-46(38)50/h9-28H,5-8H2,1-4H3. The first-order valence-corrected chi connectivity index (χ1v) is 20.1. The Hall–Kier alpha value is -5.70. The number of anilines is 2. The lowest BCUT2D eigenvalue weighted by atomic mass is 10.0. The number of benzene rings is 4. The van der Waals surface area contributed by atoms with Crippen LogP contribution in [-0.2, 0) is 0 Å². The second-order valence-electron chi connectivity index (χ2n) is 13.2. The molecule has 0 saturated carbocycles. The summed E-state index contributed by atoms with van der Waals surface area (Å²) in [7, 11) is 0. The fourth-order valence-electron chi connectivity index (χ4n) is 7.10. The molecule has 4 aromatic heterocycles. The van der Waals surface area contributed by atoms with E-state index in [1.165, 1.54) is 0 Å². The SMILES string of the molecule is CCN(CC)c1ccc2cc(-c3cccc(-c4ccc(-c5ccc(-c6cccc(-c7cc8ccc(N(CC)CC)cc8oc7=O)c6)s5)s4)c3)c(=O)oc2c1. The second-order valence-corrected chi connectivity index (χ2v) is 15.3. The molecule has 0 atom stereocenters. The van der Waals surface area contributed by atoms with Crippen molar-refractivity contribution >= 4 is 56.0 Å². The number of fused-ring (bicyclic) bond motifs is 2. The van der Waals surface area contributed by atoms with E-state index in [4.69, 9.17) is 8.83 Å². The maximum absolute atomic E-state index is 13.2. The Bertz CT molecular complexity index is 2560. The molecular weight excluding hydrogens is 709 g/mol. The van der Waals surface area contributed by atoms with E-state index in [9.17, 15) is 9.59 Å². The van der Waals surface area contributed by atoms with Gasteiger partial charge in [0, 0.05) is 80.0 Å². The lowest BCUT2D eigenvalue weighted by Crippen LogP contribution is -2.21. The van der Waals surface area contributed by atoms with Gasteiger partial charge in [-0.1, -0.05) is 36.4 Å². The smallest absolute Gasteiger partial charge is 0.344 e. The summed E-state index contributed by atoms with van der Waals surface area (Å²) in [5.74, 6) is 0. The highest BCUT2D eigenvalue weighted by Crippen LogP contribution is 2.41. The highest BCUT2D eigenvalue weighted by molar-refractivity contribution is 7.25. The van der Waals surface area contributed by atoms with Crippen molar-refractivity contribution in [1.29, 1.82) is 0 Å². The molecule has 8 heteroatoms. The van der Waals surface area contributed by atoms with E-state index < -0.39 is 0 Å². The van der Waals surface area contributed by atoms with Gasteiger partial charge in [-0.25, -0.2) is 9.59 Å². The summed E-state index contributed by atoms with van der Waals surface area (Å²) in [5.41, 5.74) is 7.44. The summed E-state index contributed by atoms with van der Waals surface area (Å²) in [5, 5.41) is 1.79. The summed E-state index contributed by atoms with van der Waals surface area (Å²) in [4.78, 5) is 35.5. The van der Waals surface area contributed by atoms with Crippen LogP contribution in [0.3, 0.4) is 0 Å². The molecule has 0 N–H and O–H groups in total. The Kier molecular flexibility index (Phi) is 9.80. The number of rotatable bonds is 11. The third-order valence-electron chi connectivity index (χ3n) is 10.1. The first kappa shape index (κ1) is 35.3. The topological polar surface area (TPSA) is 66.9 Å². The highest BCUT2D eigenvalue weighted by atomic mass is 32.1. The van der Waals surface area contributed by atoms with Crippen LogP contribution < -0.4 is 21.1 Å². The molecule has 8 rings (SSSR count). The van der Waals surface area contributed by atoms with Gasteiger partial charge in [0.25, 0.3) is 0 Å². The highest BCUT2D eigenvalue weighted by Gasteiger charge is 2.15. The zero-order chi connectivity index (χ0) is 37.3. The molecule has 4 aromatic carbocycles. The van der Waals surface area contributed by atoms with Crippen molar-refractivity contribution in [3.63, 3.8) is 0 Å². The van der Waals surface area contributed by atoms with Crippen LogP contribution in [0.5, 0.6) is 0 Å². The lowest BCUT2D eigenvalue weighted by molar-refractivity contribution is 0.563. The number of hydrogen-bond donors (Lipinski definition) is 0. The Labute approximate surface area is 322 Å². The average molecular weight is 749 g/mol. The van der Waals surface area contributed by atoms with Crippen LogP contribution in [0.15, 0.2) is 140 Å². The van der Waals surface area contributed by atoms with Crippen molar-refractivity contribution in [1.82, 2.24) is 0 Å². The summed E-state index contributed by atoms with van der Waals surface area (Å²) < 4.78 is 11.7.